The summed E-state index contributed by atoms with van der Waals surface area (Å²) < 4.78 is 0. The number of hydrogen-bond donors (Lipinski definition) is 0. The molecule has 0 saturated carbocycles. The molecule has 1 aliphatic rings. The topological polar surface area (TPSA) is 16.1 Å². The van der Waals surface area contributed by atoms with Gasteiger partial charge in [0.15, 0.2) is 0 Å². The van der Waals surface area contributed by atoms with Crippen molar-refractivity contribution >= 4 is 27.8 Å². The molecule has 0 aliphatic heterocycles. The summed E-state index contributed by atoms with van der Waals surface area (Å²) in [7, 11) is 0. The van der Waals surface area contributed by atoms with Crippen LogP contribution >= 0.6 is 0 Å². The molecule has 0 fully saturated rings. The minimum atomic E-state index is 1.11. The van der Waals surface area contributed by atoms with Crippen LogP contribution in [0.2, 0.25) is 0 Å². The number of rotatable bonds is 5. The number of aromatic nitrogens is 1. The van der Waals surface area contributed by atoms with Gasteiger partial charge in [-0.25, -0.2) is 0 Å². The van der Waals surface area contributed by atoms with Crippen molar-refractivity contribution in [3.8, 4) is 44.5 Å². The lowest BCUT2D eigenvalue weighted by Crippen LogP contribution is -2.09. The summed E-state index contributed by atoms with van der Waals surface area (Å²) in [5, 5.41) is 2.66. The van der Waals surface area contributed by atoms with Gasteiger partial charge >= 0.3 is 0 Å². The summed E-state index contributed by atoms with van der Waals surface area (Å²) >= 11 is 0. The zero-order chi connectivity index (χ0) is 27.2. The Morgan fingerprint density at radius 3 is 1.76 bits per heavy atom. The number of nitrogens with zero attached hydrogens (tertiary/aromatic N) is 2. The second kappa shape index (κ2) is 9.62. The first-order valence-electron chi connectivity index (χ1n) is 14.0. The predicted molar refractivity (Wildman–Crippen MR) is 172 cm³/mol. The Morgan fingerprint density at radius 1 is 0.366 bits per heavy atom. The van der Waals surface area contributed by atoms with Crippen LogP contribution in [0.15, 0.2) is 158 Å². The van der Waals surface area contributed by atoms with Crippen LogP contribution in [0.5, 0.6) is 0 Å². The number of para-hydroxylation sites is 1. The lowest BCUT2D eigenvalue weighted by molar-refractivity contribution is 1.28. The van der Waals surface area contributed by atoms with Crippen LogP contribution in [0, 0.1) is 0 Å². The van der Waals surface area contributed by atoms with Gasteiger partial charge in [0, 0.05) is 29.5 Å². The molecule has 1 heterocycles. The molecule has 192 valence electrons. The normalized spacial score (nSPS) is 11.4. The SMILES string of the molecule is c1ccc(N(c2ccc(-c3ccc4c5c(cccc35)-c3ccccc3-4)cc2)c2cccc(-c3ccncc3)c2)cc1. The van der Waals surface area contributed by atoms with E-state index in [1.165, 1.54) is 44.2 Å². The molecule has 8 rings (SSSR count). The zero-order valence-electron chi connectivity index (χ0n) is 22.4. The van der Waals surface area contributed by atoms with E-state index in [1.807, 2.05) is 12.4 Å². The van der Waals surface area contributed by atoms with E-state index in [9.17, 15) is 0 Å². The average Bonchev–Trinajstić information content (AvgIpc) is 3.38. The van der Waals surface area contributed by atoms with Crippen molar-refractivity contribution in [2.75, 3.05) is 4.90 Å². The number of hydrogen-bond acceptors (Lipinski definition) is 2. The van der Waals surface area contributed by atoms with Gasteiger partial charge in [0.2, 0.25) is 0 Å². The molecule has 6 aromatic carbocycles. The second-order valence-corrected chi connectivity index (χ2v) is 10.4. The van der Waals surface area contributed by atoms with Crippen LogP contribution in [0.3, 0.4) is 0 Å². The predicted octanol–water partition coefficient (Wildman–Crippen LogP) is 10.7. The molecule has 41 heavy (non-hydrogen) atoms. The van der Waals surface area contributed by atoms with Crippen molar-refractivity contribution in [2.45, 2.75) is 0 Å². The highest BCUT2D eigenvalue weighted by molar-refractivity contribution is 6.18. The molecule has 1 aliphatic carbocycles. The highest BCUT2D eigenvalue weighted by Gasteiger charge is 2.22. The van der Waals surface area contributed by atoms with Crippen LogP contribution in [0.4, 0.5) is 17.1 Å². The summed E-state index contributed by atoms with van der Waals surface area (Å²) in [4.78, 5) is 6.51. The number of fused-ring (bicyclic) bond motifs is 3. The fourth-order valence-electron chi connectivity index (χ4n) is 6.24. The minimum Gasteiger partial charge on any atom is -0.310 e. The molecule has 0 spiro atoms. The third-order valence-corrected chi connectivity index (χ3v) is 8.12. The van der Waals surface area contributed by atoms with Gasteiger partial charge in [-0.1, -0.05) is 97.1 Å². The molecular weight excluding hydrogens is 496 g/mol. The first-order chi connectivity index (χ1) is 20.3. The lowest BCUT2D eigenvalue weighted by atomic mass is 9.94. The van der Waals surface area contributed by atoms with Crippen molar-refractivity contribution in [1.29, 1.82) is 0 Å². The van der Waals surface area contributed by atoms with Gasteiger partial charge in [-0.3, -0.25) is 4.98 Å². The maximum absolute atomic E-state index is 4.19. The van der Waals surface area contributed by atoms with Crippen LogP contribution in [0.1, 0.15) is 0 Å². The zero-order valence-corrected chi connectivity index (χ0v) is 22.4. The monoisotopic (exact) mass is 522 g/mol. The van der Waals surface area contributed by atoms with E-state index >= 15 is 0 Å². The van der Waals surface area contributed by atoms with E-state index in [2.05, 4.69) is 155 Å². The van der Waals surface area contributed by atoms with E-state index in [4.69, 9.17) is 0 Å². The van der Waals surface area contributed by atoms with Crippen molar-refractivity contribution in [3.63, 3.8) is 0 Å². The van der Waals surface area contributed by atoms with Gasteiger partial charge in [0.1, 0.15) is 0 Å². The van der Waals surface area contributed by atoms with Crippen molar-refractivity contribution in [2.24, 2.45) is 0 Å². The molecule has 1 aromatic heterocycles. The van der Waals surface area contributed by atoms with E-state index in [0.29, 0.717) is 0 Å². The van der Waals surface area contributed by atoms with Crippen LogP contribution in [0.25, 0.3) is 55.3 Å². The fraction of sp³-hybridized carbons (Fsp3) is 0. The number of benzene rings is 6. The van der Waals surface area contributed by atoms with Crippen molar-refractivity contribution in [1.82, 2.24) is 4.98 Å². The quantitative estimate of drug-likeness (QED) is 0.223. The summed E-state index contributed by atoms with van der Waals surface area (Å²) in [6, 6.07) is 52.4. The van der Waals surface area contributed by atoms with Gasteiger partial charge in [0.05, 0.1) is 0 Å². The molecule has 0 N–H and O–H groups in total. The van der Waals surface area contributed by atoms with Gasteiger partial charge in [-0.2, -0.15) is 0 Å². The molecule has 2 nitrogen and oxygen atoms in total. The van der Waals surface area contributed by atoms with Gasteiger partial charge in [-0.15, -0.1) is 0 Å². The largest absolute Gasteiger partial charge is 0.310 e. The average molecular weight is 523 g/mol. The van der Waals surface area contributed by atoms with E-state index in [1.54, 1.807) is 0 Å². The smallest absolute Gasteiger partial charge is 0.0467 e. The van der Waals surface area contributed by atoms with E-state index in [-0.39, 0.29) is 0 Å². The van der Waals surface area contributed by atoms with E-state index < -0.39 is 0 Å². The second-order valence-electron chi connectivity index (χ2n) is 10.4. The molecule has 0 bridgehead atoms. The van der Waals surface area contributed by atoms with Crippen LogP contribution in [-0.2, 0) is 0 Å². The molecule has 0 unspecified atom stereocenters. The highest BCUT2D eigenvalue weighted by atomic mass is 15.1. The summed E-state index contributed by atoms with van der Waals surface area (Å²) in [5.74, 6) is 0. The molecular formula is C39H26N2. The molecule has 0 amide bonds. The Kier molecular flexibility index (Phi) is 5.49. The molecule has 0 radical (unpaired) electrons. The molecule has 2 heteroatoms. The fourth-order valence-corrected chi connectivity index (χ4v) is 6.24. The Morgan fingerprint density at radius 2 is 0.976 bits per heavy atom. The standard InChI is InChI=1S/C39H26N2/c1-2-9-30(10-3-1)41(32-11-6-8-29(26-32)27-22-24-40-25-23-27)31-18-16-28(17-19-31)33-20-21-38-35-13-5-4-12-34(35)37-15-7-14-36(33)39(37)38/h1-26H. The Hall–Kier alpha value is -5.47. The third-order valence-electron chi connectivity index (χ3n) is 8.12. The van der Waals surface area contributed by atoms with Crippen molar-refractivity contribution in [3.05, 3.63) is 158 Å². The summed E-state index contributed by atoms with van der Waals surface area (Å²) in [5.41, 5.74) is 13.5. The molecule has 0 atom stereocenters. The van der Waals surface area contributed by atoms with Gasteiger partial charge < -0.3 is 4.90 Å². The first kappa shape index (κ1) is 23.4. The van der Waals surface area contributed by atoms with Crippen LogP contribution < -0.4 is 4.90 Å². The maximum atomic E-state index is 4.19. The van der Waals surface area contributed by atoms with Gasteiger partial charge in [-0.05, 0) is 104 Å². The van der Waals surface area contributed by atoms with E-state index in [0.717, 1.165) is 28.2 Å². The number of pyridine rings is 1. The Labute approximate surface area is 239 Å². The molecule has 0 saturated heterocycles. The maximum Gasteiger partial charge on any atom is 0.0467 e. The molecule has 7 aromatic rings. The lowest BCUT2D eigenvalue weighted by Gasteiger charge is -2.26. The minimum absolute atomic E-state index is 1.11. The highest BCUT2D eigenvalue weighted by Crippen LogP contribution is 2.49. The Bertz CT molecular complexity index is 2000. The first-order valence-corrected chi connectivity index (χ1v) is 14.0. The third kappa shape index (κ3) is 3.92. The van der Waals surface area contributed by atoms with Crippen LogP contribution in [-0.4, -0.2) is 4.98 Å². The summed E-state index contributed by atoms with van der Waals surface area (Å²) in [6.07, 6.45) is 3.68. The summed E-state index contributed by atoms with van der Waals surface area (Å²) in [6.45, 7) is 0. The van der Waals surface area contributed by atoms with Gasteiger partial charge in [0.25, 0.3) is 0 Å². The Balaban J connectivity index is 1.22. The van der Waals surface area contributed by atoms with Crippen molar-refractivity contribution < 1.29 is 0 Å². The number of anilines is 3.